The highest BCUT2D eigenvalue weighted by Crippen LogP contribution is 2.30. The van der Waals surface area contributed by atoms with Crippen LogP contribution in [0.4, 0.5) is 0 Å². The number of fused-ring (bicyclic) bond motifs is 1. The van der Waals surface area contributed by atoms with Crippen molar-refractivity contribution in [2.75, 3.05) is 19.8 Å². The summed E-state index contributed by atoms with van der Waals surface area (Å²) in [6.45, 7) is 8.53. The van der Waals surface area contributed by atoms with Gasteiger partial charge < -0.3 is 30.7 Å². The number of carbonyl (C=O) groups excluding carboxylic acids is 4. The number of Topliss-reactive ketones (excluding diaryl/α,β-unsaturated/α-hetero) is 1. The highest BCUT2D eigenvalue weighted by Gasteiger charge is 2.24. The van der Waals surface area contributed by atoms with E-state index in [0.717, 1.165) is 11.1 Å². The molecule has 0 aromatic heterocycles. The fourth-order valence-corrected chi connectivity index (χ4v) is 5.05. The summed E-state index contributed by atoms with van der Waals surface area (Å²) in [6.07, 6.45) is 0.520. The Kier molecular flexibility index (Phi) is 11.7. The minimum atomic E-state index is -0.595. The van der Waals surface area contributed by atoms with Gasteiger partial charge in [0.05, 0.1) is 12.1 Å². The molecule has 0 fully saturated rings. The average Bonchev–Trinajstić information content (AvgIpc) is 3.04. The molecular weight excluding hydrogens is 572 g/mol. The summed E-state index contributed by atoms with van der Waals surface area (Å²) in [7, 11) is 0. The summed E-state index contributed by atoms with van der Waals surface area (Å²) < 4.78 is 11.2. The van der Waals surface area contributed by atoms with Crippen LogP contribution in [0.25, 0.3) is 0 Å². The predicted molar refractivity (Wildman–Crippen MR) is 171 cm³/mol. The summed E-state index contributed by atoms with van der Waals surface area (Å²) in [4.78, 5) is 51.2. The minimum absolute atomic E-state index is 0.0325. The fourth-order valence-electron chi connectivity index (χ4n) is 5.05. The maximum absolute atomic E-state index is 13.4. The van der Waals surface area contributed by atoms with Gasteiger partial charge in [-0.3, -0.25) is 19.2 Å². The Bertz CT molecular complexity index is 1490. The van der Waals surface area contributed by atoms with Gasteiger partial charge in [0.15, 0.2) is 17.3 Å². The van der Waals surface area contributed by atoms with E-state index < -0.39 is 12.1 Å². The molecule has 0 bridgehead atoms. The normalized spacial score (nSPS) is 14.2. The van der Waals surface area contributed by atoms with Gasteiger partial charge in [-0.2, -0.15) is 0 Å². The lowest BCUT2D eigenvalue weighted by atomic mass is 10.0. The number of ketones is 1. The number of nitrogens with one attached hydrogen (secondary N) is 4. The molecule has 4 rings (SSSR count). The highest BCUT2D eigenvalue weighted by atomic mass is 16.6. The summed E-state index contributed by atoms with van der Waals surface area (Å²) in [5.74, 6) is 0.260. The Morgan fingerprint density at radius 1 is 0.756 bits per heavy atom. The van der Waals surface area contributed by atoms with Crippen molar-refractivity contribution >= 4 is 23.5 Å². The van der Waals surface area contributed by atoms with E-state index in [0.29, 0.717) is 48.8 Å². The average molecular weight is 615 g/mol. The van der Waals surface area contributed by atoms with Crippen molar-refractivity contribution in [3.63, 3.8) is 0 Å². The second-order valence-corrected chi connectivity index (χ2v) is 11.6. The molecule has 10 nitrogen and oxygen atoms in total. The quantitative estimate of drug-likeness (QED) is 0.219. The molecule has 10 heteroatoms. The molecule has 4 N–H and O–H groups in total. The van der Waals surface area contributed by atoms with Crippen molar-refractivity contribution in [1.82, 2.24) is 21.3 Å². The number of rotatable bonds is 14. The van der Waals surface area contributed by atoms with Crippen LogP contribution in [0.15, 0.2) is 72.8 Å². The second-order valence-electron chi connectivity index (χ2n) is 11.6. The van der Waals surface area contributed by atoms with Crippen LogP contribution in [-0.2, 0) is 22.6 Å². The highest BCUT2D eigenvalue weighted by molar-refractivity contribution is 5.99. The SMILES string of the molecule is CC(=O)[C@@H](NC(=O)[C@H](C)NC[C@H](Cc1ccccc1)NC(=O)c1cccc(C(=O)NCc2ccc3c(c2)OCCO3)c1)C(C)C. The van der Waals surface area contributed by atoms with Crippen LogP contribution < -0.4 is 30.7 Å². The number of hydrogen-bond acceptors (Lipinski definition) is 7. The molecule has 238 valence electrons. The lowest BCUT2D eigenvalue weighted by Gasteiger charge is -2.25. The first-order valence-corrected chi connectivity index (χ1v) is 15.3. The summed E-state index contributed by atoms with van der Waals surface area (Å²) in [6, 6.07) is 20.3. The molecule has 0 aliphatic carbocycles. The van der Waals surface area contributed by atoms with Crippen LogP contribution in [0.1, 0.15) is 59.5 Å². The van der Waals surface area contributed by atoms with Gasteiger partial charge in [-0.25, -0.2) is 0 Å². The summed E-state index contributed by atoms with van der Waals surface area (Å²) in [5, 5.41) is 12.0. The molecule has 3 atom stereocenters. The molecular formula is C35H42N4O6. The molecule has 0 unspecified atom stereocenters. The van der Waals surface area contributed by atoms with E-state index in [4.69, 9.17) is 9.47 Å². The Morgan fingerprint density at radius 3 is 2.13 bits per heavy atom. The standard InChI is InChI=1S/C35H42N4O6/c1-22(2)32(24(4)40)39-33(41)23(3)36-21-29(17-25-9-6-5-7-10-25)38-35(43)28-12-8-11-27(19-28)34(42)37-20-26-13-14-30-31(18-26)45-16-15-44-30/h5-14,18-19,22-23,29,32,36H,15-17,20-21H2,1-4H3,(H,37,42)(H,38,43)(H,39,41)/t23-,29-,32-/m0/s1. The van der Waals surface area contributed by atoms with Crippen LogP contribution in [0.2, 0.25) is 0 Å². The zero-order valence-corrected chi connectivity index (χ0v) is 26.2. The monoisotopic (exact) mass is 614 g/mol. The van der Waals surface area contributed by atoms with Crippen LogP contribution in [0, 0.1) is 5.92 Å². The topological polar surface area (TPSA) is 135 Å². The number of amides is 3. The van der Waals surface area contributed by atoms with Crippen LogP contribution in [-0.4, -0.2) is 61.4 Å². The fraction of sp³-hybridized carbons (Fsp3) is 0.371. The first kappa shape index (κ1) is 33.2. The zero-order chi connectivity index (χ0) is 32.3. The minimum Gasteiger partial charge on any atom is -0.486 e. The Labute approximate surface area is 264 Å². The van der Waals surface area contributed by atoms with E-state index in [-0.39, 0.29) is 42.0 Å². The van der Waals surface area contributed by atoms with E-state index in [1.165, 1.54) is 6.92 Å². The van der Waals surface area contributed by atoms with Gasteiger partial charge in [0.1, 0.15) is 13.2 Å². The molecule has 45 heavy (non-hydrogen) atoms. The van der Waals surface area contributed by atoms with Crippen molar-refractivity contribution in [3.05, 3.63) is 95.1 Å². The number of ether oxygens (including phenoxy) is 2. The first-order valence-electron chi connectivity index (χ1n) is 15.3. The molecule has 0 saturated carbocycles. The molecule has 0 saturated heterocycles. The lowest BCUT2D eigenvalue weighted by Crippen LogP contribution is -2.53. The van der Waals surface area contributed by atoms with Gasteiger partial charge in [0.2, 0.25) is 5.91 Å². The maximum atomic E-state index is 13.4. The van der Waals surface area contributed by atoms with E-state index in [1.54, 1.807) is 31.2 Å². The van der Waals surface area contributed by atoms with Gasteiger partial charge in [0.25, 0.3) is 11.8 Å². The summed E-state index contributed by atoms with van der Waals surface area (Å²) >= 11 is 0. The Hall–Kier alpha value is -4.70. The molecule has 1 aliphatic heterocycles. The third-order valence-corrected chi connectivity index (χ3v) is 7.57. The van der Waals surface area contributed by atoms with Crippen LogP contribution in [0.5, 0.6) is 11.5 Å². The first-order chi connectivity index (χ1) is 21.6. The van der Waals surface area contributed by atoms with E-state index in [1.807, 2.05) is 62.4 Å². The van der Waals surface area contributed by atoms with Gasteiger partial charge >= 0.3 is 0 Å². The largest absolute Gasteiger partial charge is 0.486 e. The molecule has 3 aromatic rings. The number of benzene rings is 3. The molecule has 1 aliphatic rings. The molecule has 3 aromatic carbocycles. The van der Waals surface area contributed by atoms with E-state index in [9.17, 15) is 19.2 Å². The Morgan fingerprint density at radius 2 is 1.44 bits per heavy atom. The van der Waals surface area contributed by atoms with E-state index in [2.05, 4.69) is 21.3 Å². The third kappa shape index (κ3) is 9.64. The molecule has 0 spiro atoms. The smallest absolute Gasteiger partial charge is 0.251 e. The predicted octanol–water partition coefficient (Wildman–Crippen LogP) is 3.44. The van der Waals surface area contributed by atoms with Crippen molar-refractivity contribution < 1.29 is 28.7 Å². The Balaban J connectivity index is 1.38. The van der Waals surface area contributed by atoms with Crippen molar-refractivity contribution in [2.24, 2.45) is 5.92 Å². The van der Waals surface area contributed by atoms with E-state index >= 15 is 0 Å². The number of hydrogen-bond donors (Lipinski definition) is 4. The van der Waals surface area contributed by atoms with Crippen LogP contribution in [0.3, 0.4) is 0 Å². The van der Waals surface area contributed by atoms with Gasteiger partial charge in [-0.1, -0.05) is 56.3 Å². The van der Waals surface area contributed by atoms with Gasteiger partial charge in [0, 0.05) is 30.3 Å². The van der Waals surface area contributed by atoms with Gasteiger partial charge in [-0.05, 0) is 67.6 Å². The third-order valence-electron chi connectivity index (χ3n) is 7.57. The van der Waals surface area contributed by atoms with Gasteiger partial charge in [-0.15, -0.1) is 0 Å². The maximum Gasteiger partial charge on any atom is 0.251 e. The molecule has 1 heterocycles. The van der Waals surface area contributed by atoms with Crippen LogP contribution >= 0.6 is 0 Å². The number of carbonyl (C=O) groups is 4. The summed E-state index contributed by atoms with van der Waals surface area (Å²) in [5.41, 5.74) is 2.58. The zero-order valence-electron chi connectivity index (χ0n) is 26.2. The van der Waals surface area contributed by atoms with Crippen molar-refractivity contribution in [2.45, 2.75) is 58.8 Å². The van der Waals surface area contributed by atoms with Crippen molar-refractivity contribution in [1.29, 1.82) is 0 Å². The molecule has 0 radical (unpaired) electrons. The second kappa shape index (κ2) is 15.9. The van der Waals surface area contributed by atoms with Crippen molar-refractivity contribution in [3.8, 4) is 11.5 Å². The molecule has 3 amide bonds. The lowest BCUT2D eigenvalue weighted by molar-refractivity contribution is -0.128.